The molecule has 1 aliphatic carbocycles. The highest BCUT2D eigenvalue weighted by atomic mass is 16.6. The molecule has 0 radical (unpaired) electrons. The number of rotatable bonds is 12. The molecule has 5 N–H and O–H groups in total. The molecule has 0 spiro atoms. The summed E-state index contributed by atoms with van der Waals surface area (Å²) in [5.41, 5.74) is 4.27. The van der Waals surface area contributed by atoms with Crippen LogP contribution < -0.4 is 21.3 Å². The zero-order chi connectivity index (χ0) is 30.1. The highest BCUT2D eigenvalue weighted by Crippen LogP contribution is 2.31. The second kappa shape index (κ2) is 14.0. The van der Waals surface area contributed by atoms with Crippen LogP contribution in [0.2, 0.25) is 0 Å². The van der Waals surface area contributed by atoms with Crippen LogP contribution in [0.25, 0.3) is 0 Å². The Balaban J connectivity index is 1.46. The van der Waals surface area contributed by atoms with Crippen molar-refractivity contribution in [2.75, 3.05) is 17.2 Å². The van der Waals surface area contributed by atoms with Gasteiger partial charge in [0, 0.05) is 23.6 Å². The van der Waals surface area contributed by atoms with Crippen LogP contribution in [0, 0.1) is 11.3 Å². The SMILES string of the molecule is CC(=N)/C=C(\Nc1cccc(CNC(=O)OC(C)(C)C)c1)C(=O)Nc1cccc(C(NCC2CC2)c2ccccc2)c1. The largest absolute Gasteiger partial charge is 0.444 e. The van der Waals surface area contributed by atoms with Crippen LogP contribution in [0.15, 0.2) is 90.6 Å². The Morgan fingerprint density at radius 2 is 1.60 bits per heavy atom. The summed E-state index contributed by atoms with van der Waals surface area (Å²) in [7, 11) is 0. The molecule has 8 nitrogen and oxygen atoms in total. The van der Waals surface area contributed by atoms with Crippen molar-refractivity contribution in [2.24, 2.45) is 5.92 Å². The first kappa shape index (κ1) is 30.5. The third kappa shape index (κ3) is 9.89. The molecule has 2 amide bonds. The van der Waals surface area contributed by atoms with Crippen LogP contribution >= 0.6 is 0 Å². The smallest absolute Gasteiger partial charge is 0.407 e. The molecule has 0 aliphatic heterocycles. The number of benzene rings is 3. The molecular formula is C34H41N5O3. The van der Waals surface area contributed by atoms with Crippen LogP contribution in [-0.2, 0) is 16.1 Å². The van der Waals surface area contributed by atoms with Gasteiger partial charge < -0.3 is 31.4 Å². The average Bonchev–Trinajstić information content (AvgIpc) is 3.76. The number of amides is 2. The number of allylic oxidation sites excluding steroid dienone is 1. The number of nitrogens with one attached hydrogen (secondary N) is 5. The summed E-state index contributed by atoms with van der Waals surface area (Å²) >= 11 is 0. The molecule has 0 saturated heterocycles. The number of anilines is 2. The van der Waals surface area contributed by atoms with Gasteiger partial charge in [-0.15, -0.1) is 0 Å². The molecule has 0 heterocycles. The maximum absolute atomic E-state index is 13.4. The summed E-state index contributed by atoms with van der Waals surface area (Å²) in [5, 5.41) is 20.6. The topological polar surface area (TPSA) is 115 Å². The van der Waals surface area contributed by atoms with Gasteiger partial charge in [0.1, 0.15) is 11.3 Å². The molecule has 3 aromatic rings. The van der Waals surface area contributed by atoms with Crippen molar-refractivity contribution in [2.45, 2.75) is 58.7 Å². The third-order valence-electron chi connectivity index (χ3n) is 6.57. The fourth-order valence-corrected chi connectivity index (χ4v) is 4.45. The fraction of sp³-hybridized carbons (Fsp3) is 0.324. The number of hydrogen-bond donors (Lipinski definition) is 5. The lowest BCUT2D eigenvalue weighted by Gasteiger charge is -2.21. The van der Waals surface area contributed by atoms with Crippen molar-refractivity contribution in [1.82, 2.24) is 10.6 Å². The Morgan fingerprint density at radius 3 is 2.26 bits per heavy atom. The van der Waals surface area contributed by atoms with Gasteiger partial charge in [0.15, 0.2) is 0 Å². The summed E-state index contributed by atoms with van der Waals surface area (Å²) in [5.74, 6) is 0.368. The molecule has 1 saturated carbocycles. The van der Waals surface area contributed by atoms with E-state index >= 15 is 0 Å². The molecule has 220 valence electrons. The van der Waals surface area contributed by atoms with E-state index in [0.29, 0.717) is 11.4 Å². The first-order valence-corrected chi connectivity index (χ1v) is 14.3. The maximum Gasteiger partial charge on any atom is 0.407 e. The Morgan fingerprint density at radius 1 is 0.929 bits per heavy atom. The van der Waals surface area contributed by atoms with Gasteiger partial charge in [-0.3, -0.25) is 4.79 Å². The van der Waals surface area contributed by atoms with Gasteiger partial charge in [-0.05, 0) is 100 Å². The van der Waals surface area contributed by atoms with Crippen LogP contribution in [0.1, 0.15) is 63.3 Å². The molecule has 1 fully saturated rings. The van der Waals surface area contributed by atoms with Gasteiger partial charge in [-0.1, -0.05) is 54.6 Å². The molecule has 4 rings (SSSR count). The van der Waals surface area contributed by atoms with Gasteiger partial charge in [-0.2, -0.15) is 0 Å². The Kier molecular flexibility index (Phi) is 10.1. The van der Waals surface area contributed by atoms with Gasteiger partial charge in [0.25, 0.3) is 5.91 Å². The van der Waals surface area contributed by atoms with Gasteiger partial charge >= 0.3 is 6.09 Å². The normalized spacial score (nSPS) is 14.0. The summed E-state index contributed by atoms with van der Waals surface area (Å²) in [4.78, 5) is 25.5. The zero-order valence-corrected chi connectivity index (χ0v) is 24.8. The van der Waals surface area contributed by atoms with Crippen molar-refractivity contribution >= 4 is 29.1 Å². The Hall–Kier alpha value is -4.43. The molecule has 42 heavy (non-hydrogen) atoms. The van der Waals surface area contributed by atoms with Crippen molar-refractivity contribution in [3.63, 3.8) is 0 Å². The van der Waals surface area contributed by atoms with E-state index in [1.807, 2.05) is 81.4 Å². The third-order valence-corrected chi connectivity index (χ3v) is 6.57. The second-order valence-corrected chi connectivity index (χ2v) is 11.7. The molecule has 1 atom stereocenters. The number of carbonyl (C=O) groups excluding carboxylic acids is 2. The summed E-state index contributed by atoms with van der Waals surface area (Å²) < 4.78 is 5.31. The summed E-state index contributed by atoms with van der Waals surface area (Å²) in [6.45, 7) is 8.27. The minimum atomic E-state index is -0.583. The molecular weight excluding hydrogens is 526 g/mol. The lowest BCUT2D eigenvalue weighted by atomic mass is 9.98. The summed E-state index contributed by atoms with van der Waals surface area (Å²) in [6, 6.07) is 25.6. The van der Waals surface area contributed by atoms with Crippen LogP contribution in [0.4, 0.5) is 16.2 Å². The van der Waals surface area contributed by atoms with Crippen molar-refractivity contribution in [3.8, 4) is 0 Å². The minimum absolute atomic E-state index is 0.0117. The van der Waals surface area contributed by atoms with E-state index in [1.54, 1.807) is 6.92 Å². The molecule has 1 aliphatic rings. The number of carbonyl (C=O) groups is 2. The lowest BCUT2D eigenvalue weighted by Crippen LogP contribution is -2.32. The first-order chi connectivity index (χ1) is 20.1. The monoisotopic (exact) mass is 567 g/mol. The highest BCUT2D eigenvalue weighted by Gasteiger charge is 2.24. The second-order valence-electron chi connectivity index (χ2n) is 11.7. The summed E-state index contributed by atoms with van der Waals surface area (Å²) in [6.07, 6.45) is 3.53. The van der Waals surface area contributed by atoms with E-state index in [-0.39, 0.29) is 29.9 Å². The standard InChI is InChI=1S/C34H41N5O3/c1-23(35)18-30(38-28-14-8-10-25(19-28)22-37-33(41)42-34(2,3)4)32(40)39-29-15-9-13-27(20-29)31(36-21-24-16-17-24)26-11-6-5-7-12-26/h5-15,18-20,24,31,35-36,38H,16-17,21-22H2,1-4H3,(H,37,41)(H,39,40)/b30-18-,35-23?. The maximum atomic E-state index is 13.4. The average molecular weight is 568 g/mol. The van der Waals surface area contributed by atoms with Gasteiger partial charge in [0.05, 0.1) is 6.04 Å². The number of alkyl carbamates (subject to hydrolysis) is 1. The molecule has 0 bridgehead atoms. The van der Waals surface area contributed by atoms with Crippen molar-refractivity contribution in [3.05, 3.63) is 107 Å². The predicted octanol–water partition coefficient (Wildman–Crippen LogP) is 6.77. The van der Waals surface area contributed by atoms with E-state index in [0.717, 1.165) is 23.6 Å². The lowest BCUT2D eigenvalue weighted by molar-refractivity contribution is -0.112. The minimum Gasteiger partial charge on any atom is -0.444 e. The fourth-order valence-electron chi connectivity index (χ4n) is 4.45. The van der Waals surface area contributed by atoms with E-state index in [1.165, 1.54) is 24.5 Å². The Bertz CT molecular complexity index is 1420. The first-order valence-electron chi connectivity index (χ1n) is 14.3. The van der Waals surface area contributed by atoms with E-state index < -0.39 is 11.7 Å². The van der Waals surface area contributed by atoms with Crippen LogP contribution in [0.5, 0.6) is 0 Å². The van der Waals surface area contributed by atoms with Gasteiger partial charge in [0.2, 0.25) is 0 Å². The van der Waals surface area contributed by atoms with Crippen molar-refractivity contribution < 1.29 is 14.3 Å². The molecule has 1 unspecified atom stereocenters. The predicted molar refractivity (Wildman–Crippen MR) is 169 cm³/mol. The molecule has 0 aromatic heterocycles. The van der Waals surface area contributed by atoms with E-state index in [9.17, 15) is 9.59 Å². The van der Waals surface area contributed by atoms with Gasteiger partial charge in [-0.25, -0.2) is 4.79 Å². The number of ether oxygens (including phenoxy) is 1. The van der Waals surface area contributed by atoms with Crippen LogP contribution in [-0.4, -0.2) is 29.9 Å². The molecule has 8 heteroatoms. The highest BCUT2D eigenvalue weighted by molar-refractivity contribution is 6.10. The van der Waals surface area contributed by atoms with E-state index in [2.05, 4.69) is 39.5 Å². The van der Waals surface area contributed by atoms with E-state index in [4.69, 9.17) is 10.1 Å². The van der Waals surface area contributed by atoms with Crippen LogP contribution in [0.3, 0.4) is 0 Å². The number of hydrogen-bond acceptors (Lipinski definition) is 6. The quantitative estimate of drug-likeness (QED) is 0.122. The Labute approximate surface area is 248 Å². The molecule has 3 aromatic carbocycles. The zero-order valence-electron chi connectivity index (χ0n) is 24.8. The van der Waals surface area contributed by atoms with Crippen molar-refractivity contribution in [1.29, 1.82) is 5.41 Å².